The number of rotatable bonds is 2. The van der Waals surface area contributed by atoms with Gasteiger partial charge in [-0.3, -0.25) is 4.90 Å². The Morgan fingerprint density at radius 1 is 1.67 bits per heavy atom. The van der Waals surface area contributed by atoms with E-state index in [-0.39, 0.29) is 6.10 Å². The second kappa shape index (κ2) is 4.39. The van der Waals surface area contributed by atoms with Crippen molar-refractivity contribution in [1.82, 2.24) is 9.88 Å². The van der Waals surface area contributed by atoms with E-state index in [1.165, 1.54) is 0 Å². The molecule has 1 aromatic rings. The second-order valence-corrected chi connectivity index (χ2v) is 3.80. The number of pyridine rings is 1. The van der Waals surface area contributed by atoms with Gasteiger partial charge in [-0.1, -0.05) is 6.07 Å². The van der Waals surface area contributed by atoms with Crippen LogP contribution in [0.25, 0.3) is 0 Å². The van der Waals surface area contributed by atoms with Crippen molar-refractivity contribution >= 4 is 0 Å². The zero-order valence-electron chi connectivity index (χ0n) is 8.43. The number of β-amino-alcohol motifs (C(OH)–C–C–N with tert-alkyl or cyclic N) is 1. The zero-order chi connectivity index (χ0) is 10.7. The van der Waals surface area contributed by atoms with Crippen molar-refractivity contribution in [3.63, 3.8) is 0 Å². The number of aliphatic hydroxyl groups excluding tert-OH is 1. The number of hydrogen-bond donors (Lipinski definition) is 1. The maximum Gasteiger partial charge on any atom is 0.144 e. The van der Waals surface area contributed by atoms with Gasteiger partial charge in [0.2, 0.25) is 0 Å². The summed E-state index contributed by atoms with van der Waals surface area (Å²) in [7, 11) is 0. The fourth-order valence-corrected chi connectivity index (χ4v) is 1.86. The van der Waals surface area contributed by atoms with Crippen LogP contribution in [0.4, 0.5) is 0 Å². The third-order valence-electron chi connectivity index (χ3n) is 2.64. The van der Waals surface area contributed by atoms with E-state index in [4.69, 9.17) is 5.26 Å². The molecule has 78 valence electrons. The van der Waals surface area contributed by atoms with Crippen molar-refractivity contribution in [3.05, 3.63) is 29.6 Å². The molecule has 4 heteroatoms. The largest absolute Gasteiger partial charge is 0.392 e. The number of nitriles is 1. The van der Waals surface area contributed by atoms with E-state index in [9.17, 15) is 5.11 Å². The molecule has 0 aromatic carbocycles. The Hall–Kier alpha value is -1.44. The molecule has 4 nitrogen and oxygen atoms in total. The van der Waals surface area contributed by atoms with Crippen LogP contribution in [-0.2, 0) is 6.54 Å². The summed E-state index contributed by atoms with van der Waals surface area (Å²) in [6.45, 7) is 2.29. The minimum atomic E-state index is -0.216. The predicted molar refractivity (Wildman–Crippen MR) is 54.9 cm³/mol. The molecule has 2 heterocycles. The monoisotopic (exact) mass is 203 g/mol. The van der Waals surface area contributed by atoms with Gasteiger partial charge in [-0.2, -0.15) is 5.26 Å². The van der Waals surface area contributed by atoms with Crippen LogP contribution in [0.2, 0.25) is 0 Å². The molecular weight excluding hydrogens is 190 g/mol. The SMILES string of the molecule is N#Cc1ncccc1CN1CCC(O)C1. The highest BCUT2D eigenvalue weighted by molar-refractivity contribution is 5.30. The molecule has 1 saturated heterocycles. The Balaban J connectivity index is 2.08. The molecule has 1 fully saturated rings. The molecule has 0 spiro atoms. The Morgan fingerprint density at radius 3 is 3.20 bits per heavy atom. The van der Waals surface area contributed by atoms with Crippen molar-refractivity contribution in [2.75, 3.05) is 13.1 Å². The average Bonchev–Trinajstić information content (AvgIpc) is 2.65. The molecule has 0 bridgehead atoms. The lowest BCUT2D eigenvalue weighted by Gasteiger charge is -2.14. The minimum Gasteiger partial charge on any atom is -0.392 e. The summed E-state index contributed by atoms with van der Waals surface area (Å²) in [4.78, 5) is 6.15. The lowest BCUT2D eigenvalue weighted by atomic mass is 10.2. The van der Waals surface area contributed by atoms with Crippen LogP contribution in [-0.4, -0.2) is 34.2 Å². The lowest BCUT2D eigenvalue weighted by Crippen LogP contribution is -2.22. The summed E-state index contributed by atoms with van der Waals surface area (Å²) in [5.74, 6) is 0. The van der Waals surface area contributed by atoms with Crippen LogP contribution in [0.15, 0.2) is 18.3 Å². The van der Waals surface area contributed by atoms with Gasteiger partial charge in [0, 0.05) is 31.4 Å². The van der Waals surface area contributed by atoms with E-state index in [2.05, 4.69) is 16.0 Å². The topological polar surface area (TPSA) is 60.2 Å². The molecule has 1 unspecified atom stereocenters. The smallest absolute Gasteiger partial charge is 0.144 e. The van der Waals surface area contributed by atoms with E-state index in [0.717, 1.165) is 18.5 Å². The maximum absolute atomic E-state index is 9.38. The van der Waals surface area contributed by atoms with Crippen molar-refractivity contribution < 1.29 is 5.11 Å². The van der Waals surface area contributed by atoms with Gasteiger partial charge in [0.15, 0.2) is 0 Å². The number of likely N-dealkylation sites (tertiary alicyclic amines) is 1. The highest BCUT2D eigenvalue weighted by Crippen LogP contribution is 2.14. The molecule has 1 aliphatic rings. The molecule has 1 aromatic heterocycles. The average molecular weight is 203 g/mol. The highest BCUT2D eigenvalue weighted by atomic mass is 16.3. The third kappa shape index (κ3) is 2.32. The molecule has 0 radical (unpaired) electrons. The minimum absolute atomic E-state index is 0.216. The first-order chi connectivity index (χ1) is 7.29. The van der Waals surface area contributed by atoms with Gasteiger partial charge in [-0.05, 0) is 12.5 Å². The number of aliphatic hydroxyl groups is 1. The third-order valence-corrected chi connectivity index (χ3v) is 2.64. The first-order valence-corrected chi connectivity index (χ1v) is 5.04. The Labute approximate surface area is 88.8 Å². The second-order valence-electron chi connectivity index (χ2n) is 3.80. The molecule has 15 heavy (non-hydrogen) atoms. The molecule has 0 saturated carbocycles. The number of aromatic nitrogens is 1. The molecule has 0 aliphatic carbocycles. The maximum atomic E-state index is 9.38. The summed E-state index contributed by atoms with van der Waals surface area (Å²) >= 11 is 0. The van der Waals surface area contributed by atoms with Crippen LogP contribution in [0, 0.1) is 11.3 Å². The predicted octanol–water partition coefficient (Wildman–Crippen LogP) is 0.520. The van der Waals surface area contributed by atoms with E-state index in [1.54, 1.807) is 6.20 Å². The van der Waals surface area contributed by atoms with Crippen LogP contribution < -0.4 is 0 Å². The number of hydrogen-bond acceptors (Lipinski definition) is 4. The molecular formula is C11H13N3O. The van der Waals surface area contributed by atoms with Gasteiger partial charge in [-0.15, -0.1) is 0 Å². The normalized spacial score (nSPS) is 21.5. The zero-order valence-corrected chi connectivity index (χ0v) is 8.43. The Kier molecular flexibility index (Phi) is 2.95. The molecule has 0 amide bonds. The van der Waals surface area contributed by atoms with Crippen molar-refractivity contribution in [3.8, 4) is 6.07 Å². The first-order valence-electron chi connectivity index (χ1n) is 5.04. The highest BCUT2D eigenvalue weighted by Gasteiger charge is 2.20. The van der Waals surface area contributed by atoms with Gasteiger partial charge in [0.25, 0.3) is 0 Å². The fourth-order valence-electron chi connectivity index (χ4n) is 1.86. The molecule has 1 atom stereocenters. The van der Waals surface area contributed by atoms with E-state index in [0.29, 0.717) is 18.8 Å². The van der Waals surface area contributed by atoms with Crippen LogP contribution in [0.3, 0.4) is 0 Å². The van der Waals surface area contributed by atoms with Gasteiger partial charge in [-0.25, -0.2) is 4.98 Å². The van der Waals surface area contributed by atoms with Gasteiger partial charge in [0.05, 0.1) is 6.10 Å². The quantitative estimate of drug-likeness (QED) is 0.761. The van der Waals surface area contributed by atoms with Crippen LogP contribution in [0.5, 0.6) is 0 Å². The lowest BCUT2D eigenvalue weighted by molar-refractivity contribution is 0.174. The van der Waals surface area contributed by atoms with Crippen LogP contribution >= 0.6 is 0 Å². The Morgan fingerprint density at radius 2 is 2.53 bits per heavy atom. The standard InChI is InChI=1S/C11H13N3O/c12-6-11-9(2-1-4-13-11)7-14-5-3-10(15)8-14/h1-2,4,10,15H,3,5,7-8H2. The van der Waals surface area contributed by atoms with Gasteiger partial charge < -0.3 is 5.11 Å². The van der Waals surface area contributed by atoms with Crippen molar-refractivity contribution in [2.45, 2.75) is 19.1 Å². The Bertz CT molecular complexity index is 386. The van der Waals surface area contributed by atoms with Gasteiger partial charge >= 0.3 is 0 Å². The summed E-state index contributed by atoms with van der Waals surface area (Å²) in [6, 6.07) is 5.83. The molecule has 1 aliphatic heterocycles. The first kappa shape index (κ1) is 10.1. The van der Waals surface area contributed by atoms with Gasteiger partial charge in [0.1, 0.15) is 11.8 Å². The summed E-state index contributed by atoms with van der Waals surface area (Å²) in [6.07, 6.45) is 2.23. The summed E-state index contributed by atoms with van der Waals surface area (Å²) in [5, 5.41) is 18.2. The number of nitrogens with zero attached hydrogens (tertiary/aromatic N) is 3. The van der Waals surface area contributed by atoms with E-state index in [1.807, 2.05) is 12.1 Å². The van der Waals surface area contributed by atoms with Crippen molar-refractivity contribution in [2.24, 2.45) is 0 Å². The molecule has 1 N–H and O–H groups in total. The van der Waals surface area contributed by atoms with Crippen LogP contribution in [0.1, 0.15) is 17.7 Å². The van der Waals surface area contributed by atoms with E-state index >= 15 is 0 Å². The van der Waals surface area contributed by atoms with E-state index < -0.39 is 0 Å². The molecule has 2 rings (SSSR count). The summed E-state index contributed by atoms with van der Waals surface area (Å²) < 4.78 is 0. The summed E-state index contributed by atoms with van der Waals surface area (Å²) in [5.41, 5.74) is 1.42. The fraction of sp³-hybridized carbons (Fsp3) is 0.455. The van der Waals surface area contributed by atoms with Crippen molar-refractivity contribution in [1.29, 1.82) is 5.26 Å².